The molecule has 200 valence electrons. The van der Waals surface area contributed by atoms with Crippen LogP contribution in [0.2, 0.25) is 0 Å². The molecule has 0 radical (unpaired) electrons. The first-order chi connectivity index (χ1) is 18.1. The van der Waals surface area contributed by atoms with Crippen LogP contribution in [0.3, 0.4) is 0 Å². The molecule has 0 fully saturated rings. The Morgan fingerprint density at radius 1 is 1.00 bits per heavy atom. The third-order valence-corrected chi connectivity index (χ3v) is 7.58. The number of benzene rings is 2. The van der Waals surface area contributed by atoms with E-state index in [4.69, 9.17) is 4.74 Å². The van der Waals surface area contributed by atoms with Crippen LogP contribution in [0.5, 0.6) is 5.75 Å². The molecular formula is C28H28F3N3O3S. The van der Waals surface area contributed by atoms with E-state index in [1.54, 1.807) is 11.3 Å². The summed E-state index contributed by atoms with van der Waals surface area (Å²) in [6.45, 7) is 5.30. The predicted molar refractivity (Wildman–Crippen MR) is 142 cm³/mol. The second kappa shape index (κ2) is 11.4. The molecule has 6 nitrogen and oxygen atoms in total. The quantitative estimate of drug-likeness (QED) is 0.323. The van der Waals surface area contributed by atoms with Crippen molar-refractivity contribution in [2.24, 2.45) is 0 Å². The lowest BCUT2D eigenvalue weighted by atomic mass is 10.0. The van der Waals surface area contributed by atoms with Gasteiger partial charge in [-0.25, -0.2) is 18.0 Å². The predicted octanol–water partition coefficient (Wildman–Crippen LogP) is 5.01. The lowest BCUT2D eigenvalue weighted by Crippen LogP contribution is -2.46. The van der Waals surface area contributed by atoms with Crippen molar-refractivity contribution in [2.75, 3.05) is 7.11 Å². The van der Waals surface area contributed by atoms with E-state index in [1.807, 2.05) is 25.3 Å². The van der Waals surface area contributed by atoms with Crippen LogP contribution in [-0.4, -0.2) is 22.3 Å². The SMILES string of the molecule is COc1cccc(-c2c(C)n(Cc3c(F)cccc3F)c(=O)n(C[C@H](C)NCc3sccc3C)c2=O)c1F. The van der Waals surface area contributed by atoms with E-state index in [0.717, 1.165) is 31.7 Å². The van der Waals surface area contributed by atoms with Gasteiger partial charge in [0.05, 0.1) is 19.2 Å². The molecule has 1 N–H and O–H groups in total. The topological polar surface area (TPSA) is 65.3 Å². The monoisotopic (exact) mass is 543 g/mol. The van der Waals surface area contributed by atoms with E-state index in [9.17, 15) is 18.4 Å². The van der Waals surface area contributed by atoms with Crippen molar-refractivity contribution in [2.45, 2.75) is 46.4 Å². The summed E-state index contributed by atoms with van der Waals surface area (Å²) in [5.74, 6) is -2.51. The largest absolute Gasteiger partial charge is 0.494 e. The summed E-state index contributed by atoms with van der Waals surface area (Å²) < 4.78 is 51.6. The van der Waals surface area contributed by atoms with Gasteiger partial charge in [0, 0.05) is 40.8 Å². The standard InChI is InChI=1S/C28H28F3N3O3S/c1-16-11-12-38-24(16)13-32-17(2)14-34-27(35)25(19-7-5-10-23(37-4)26(19)31)18(3)33(28(34)36)15-20-21(29)8-6-9-22(20)30/h5-12,17,32H,13-15H2,1-4H3/t17-/m0/s1. The van der Waals surface area contributed by atoms with Gasteiger partial charge in [-0.05, 0) is 56.0 Å². The number of halogens is 3. The Kier molecular flexibility index (Phi) is 8.23. The average Bonchev–Trinajstić information content (AvgIpc) is 3.30. The van der Waals surface area contributed by atoms with Gasteiger partial charge in [-0.1, -0.05) is 18.2 Å². The fraction of sp³-hybridized carbons (Fsp3) is 0.286. The Morgan fingerprint density at radius 2 is 1.68 bits per heavy atom. The van der Waals surface area contributed by atoms with Crippen LogP contribution in [-0.2, 0) is 19.6 Å². The van der Waals surface area contributed by atoms with Crippen molar-refractivity contribution in [1.29, 1.82) is 0 Å². The molecule has 0 saturated carbocycles. The first-order valence-corrected chi connectivity index (χ1v) is 12.9. The maximum Gasteiger partial charge on any atom is 0.331 e. The van der Waals surface area contributed by atoms with Crippen molar-refractivity contribution in [1.82, 2.24) is 14.5 Å². The number of nitrogens with one attached hydrogen (secondary N) is 1. The van der Waals surface area contributed by atoms with Gasteiger partial charge in [0.1, 0.15) is 11.6 Å². The first-order valence-electron chi connectivity index (χ1n) is 12.0. The molecule has 38 heavy (non-hydrogen) atoms. The third kappa shape index (κ3) is 5.32. The molecule has 0 amide bonds. The molecule has 2 aromatic heterocycles. The molecule has 1 atom stereocenters. The average molecular weight is 544 g/mol. The van der Waals surface area contributed by atoms with Gasteiger partial charge in [0.15, 0.2) is 11.6 Å². The summed E-state index contributed by atoms with van der Waals surface area (Å²) in [5, 5.41) is 5.29. The Bertz CT molecular complexity index is 1570. The lowest BCUT2D eigenvalue weighted by molar-refractivity contribution is 0.387. The van der Waals surface area contributed by atoms with Crippen LogP contribution in [0.15, 0.2) is 57.4 Å². The molecule has 10 heteroatoms. The molecule has 0 saturated heterocycles. The number of ether oxygens (including phenoxy) is 1. The second-order valence-electron chi connectivity index (χ2n) is 9.08. The molecule has 0 unspecified atom stereocenters. The Labute approximate surface area is 222 Å². The van der Waals surface area contributed by atoms with E-state index in [1.165, 1.54) is 38.3 Å². The van der Waals surface area contributed by atoms with Gasteiger partial charge in [0.25, 0.3) is 5.56 Å². The van der Waals surface area contributed by atoms with Crippen LogP contribution in [0.25, 0.3) is 11.1 Å². The highest BCUT2D eigenvalue weighted by Crippen LogP contribution is 2.29. The smallest absolute Gasteiger partial charge is 0.331 e. The van der Waals surface area contributed by atoms with Gasteiger partial charge in [0.2, 0.25) is 0 Å². The normalized spacial score (nSPS) is 12.1. The minimum atomic E-state index is -0.829. The van der Waals surface area contributed by atoms with Crippen molar-refractivity contribution in [3.05, 3.63) is 108 Å². The molecule has 0 aliphatic rings. The number of aromatic nitrogens is 2. The van der Waals surface area contributed by atoms with Crippen LogP contribution in [0, 0.1) is 31.3 Å². The Hall–Kier alpha value is -3.63. The van der Waals surface area contributed by atoms with E-state index in [-0.39, 0.29) is 40.7 Å². The summed E-state index contributed by atoms with van der Waals surface area (Å²) in [4.78, 5) is 28.4. The van der Waals surface area contributed by atoms with Gasteiger partial charge in [-0.3, -0.25) is 13.9 Å². The fourth-order valence-electron chi connectivity index (χ4n) is 4.35. The van der Waals surface area contributed by atoms with E-state index in [2.05, 4.69) is 5.32 Å². The molecule has 0 aliphatic heterocycles. The third-order valence-electron chi connectivity index (χ3n) is 6.55. The summed E-state index contributed by atoms with van der Waals surface area (Å²) in [6.07, 6.45) is 0. The number of thiophene rings is 1. The zero-order valence-corrected chi connectivity index (χ0v) is 22.3. The lowest BCUT2D eigenvalue weighted by Gasteiger charge is -2.21. The highest BCUT2D eigenvalue weighted by atomic mass is 32.1. The van der Waals surface area contributed by atoms with Crippen molar-refractivity contribution >= 4 is 11.3 Å². The molecule has 4 aromatic rings. The van der Waals surface area contributed by atoms with Gasteiger partial charge in [-0.15, -0.1) is 11.3 Å². The highest BCUT2D eigenvalue weighted by molar-refractivity contribution is 7.10. The molecular weight excluding hydrogens is 515 g/mol. The van der Waals surface area contributed by atoms with Crippen LogP contribution < -0.4 is 21.3 Å². The summed E-state index contributed by atoms with van der Waals surface area (Å²) in [7, 11) is 1.30. The fourth-order valence-corrected chi connectivity index (χ4v) is 5.21. The number of rotatable bonds is 9. The number of hydrogen-bond acceptors (Lipinski definition) is 5. The number of aryl methyl sites for hydroxylation is 1. The van der Waals surface area contributed by atoms with Crippen LogP contribution >= 0.6 is 11.3 Å². The van der Waals surface area contributed by atoms with Crippen molar-refractivity contribution in [3.8, 4) is 16.9 Å². The maximum absolute atomic E-state index is 15.3. The van der Waals surface area contributed by atoms with E-state index >= 15 is 4.39 Å². The molecule has 2 heterocycles. The van der Waals surface area contributed by atoms with Crippen LogP contribution in [0.1, 0.15) is 28.6 Å². The molecule has 0 spiro atoms. The maximum atomic E-state index is 15.3. The first kappa shape index (κ1) is 27.4. The number of hydrogen-bond donors (Lipinski definition) is 1. The van der Waals surface area contributed by atoms with Crippen molar-refractivity contribution < 1.29 is 17.9 Å². The molecule has 0 bridgehead atoms. The van der Waals surface area contributed by atoms with Gasteiger partial charge >= 0.3 is 5.69 Å². The van der Waals surface area contributed by atoms with Gasteiger partial charge in [-0.2, -0.15) is 0 Å². The number of nitrogens with zero attached hydrogens (tertiary/aromatic N) is 2. The number of methoxy groups -OCH3 is 1. The minimum Gasteiger partial charge on any atom is -0.494 e. The Morgan fingerprint density at radius 3 is 2.32 bits per heavy atom. The summed E-state index contributed by atoms with van der Waals surface area (Å²) in [5.41, 5.74) is -0.723. The summed E-state index contributed by atoms with van der Waals surface area (Å²) >= 11 is 1.60. The zero-order valence-electron chi connectivity index (χ0n) is 21.5. The summed E-state index contributed by atoms with van der Waals surface area (Å²) in [6, 6.07) is 9.44. The van der Waals surface area contributed by atoms with Gasteiger partial charge < -0.3 is 10.1 Å². The second-order valence-corrected chi connectivity index (χ2v) is 10.1. The van der Waals surface area contributed by atoms with Crippen LogP contribution in [0.4, 0.5) is 13.2 Å². The minimum absolute atomic E-state index is 0.0410. The molecule has 4 rings (SSSR count). The van der Waals surface area contributed by atoms with E-state index in [0.29, 0.717) is 6.54 Å². The van der Waals surface area contributed by atoms with E-state index < -0.39 is 35.2 Å². The Balaban J connectivity index is 1.85. The zero-order chi connectivity index (χ0) is 27.6. The molecule has 0 aliphatic carbocycles. The molecule has 2 aromatic carbocycles. The highest BCUT2D eigenvalue weighted by Gasteiger charge is 2.24. The van der Waals surface area contributed by atoms with Crippen molar-refractivity contribution in [3.63, 3.8) is 0 Å².